The van der Waals surface area contributed by atoms with E-state index in [1.165, 1.54) is 16.0 Å². The fourth-order valence-corrected chi connectivity index (χ4v) is 3.22. The van der Waals surface area contributed by atoms with Crippen LogP contribution in [-0.2, 0) is 0 Å². The Bertz CT molecular complexity index is 434. The van der Waals surface area contributed by atoms with Crippen molar-refractivity contribution in [3.8, 4) is 0 Å². The monoisotopic (exact) mass is 201 g/mol. The second-order valence-electron chi connectivity index (χ2n) is 3.58. The average molecular weight is 201 g/mol. The summed E-state index contributed by atoms with van der Waals surface area (Å²) in [5.74, 6) is 0. The van der Waals surface area contributed by atoms with Crippen LogP contribution in [0.1, 0.15) is 0 Å². The zero-order valence-corrected chi connectivity index (χ0v) is 9.77. The third-order valence-corrected chi connectivity index (χ3v) is 5.03. The molecule has 0 radical (unpaired) electrons. The molecule has 0 aliphatic heterocycles. The molecule has 0 aliphatic carbocycles. The smallest absolute Gasteiger partial charge is 0.138 e. The van der Waals surface area contributed by atoms with E-state index < -0.39 is 8.96 Å². The molecule has 1 nitrogen and oxygen atoms in total. The largest absolute Gasteiger partial charge is 0.339 e. The summed E-state index contributed by atoms with van der Waals surface area (Å²) >= 11 is 0. The minimum atomic E-state index is -0.940. The summed E-state index contributed by atoms with van der Waals surface area (Å²) in [5, 5.41) is 4.26. The third-order valence-electron chi connectivity index (χ3n) is 2.72. The third kappa shape index (κ3) is 1.58. The van der Waals surface area contributed by atoms with Crippen molar-refractivity contribution in [2.45, 2.75) is 6.55 Å². The van der Waals surface area contributed by atoms with Gasteiger partial charge in [0.1, 0.15) is 8.96 Å². The molecule has 0 heterocycles. The molecular formula is C12H15NSi. The first-order valence-corrected chi connectivity index (χ1v) is 7.29. The molecule has 1 N–H and O–H groups in total. The lowest BCUT2D eigenvalue weighted by molar-refractivity contribution is 1.22. The van der Waals surface area contributed by atoms with Gasteiger partial charge in [0.25, 0.3) is 0 Å². The van der Waals surface area contributed by atoms with E-state index >= 15 is 0 Å². The van der Waals surface area contributed by atoms with Crippen LogP contribution in [0.4, 0.5) is 0 Å². The molecule has 2 heteroatoms. The van der Waals surface area contributed by atoms with Crippen LogP contribution >= 0.6 is 0 Å². The maximum atomic E-state index is 3.41. The van der Waals surface area contributed by atoms with E-state index in [2.05, 4.69) is 61.0 Å². The van der Waals surface area contributed by atoms with Gasteiger partial charge in [0, 0.05) is 0 Å². The van der Waals surface area contributed by atoms with E-state index in [1.807, 2.05) is 0 Å². The van der Waals surface area contributed by atoms with Gasteiger partial charge >= 0.3 is 0 Å². The predicted molar refractivity (Wildman–Crippen MR) is 65.7 cm³/mol. The number of fused-ring (bicyclic) bond motifs is 1. The van der Waals surface area contributed by atoms with Crippen molar-refractivity contribution in [3.63, 3.8) is 0 Å². The van der Waals surface area contributed by atoms with Gasteiger partial charge in [-0.2, -0.15) is 0 Å². The molecular weight excluding hydrogens is 186 g/mol. The Morgan fingerprint density at radius 1 is 1.00 bits per heavy atom. The molecule has 72 valence electrons. The Balaban J connectivity index is 2.65. The molecule has 0 aliphatic rings. The van der Waals surface area contributed by atoms with Gasteiger partial charge < -0.3 is 4.98 Å². The molecule has 1 atom stereocenters. The quantitative estimate of drug-likeness (QED) is 0.728. The lowest BCUT2D eigenvalue weighted by Crippen LogP contribution is -2.39. The fraction of sp³-hybridized carbons (Fsp3) is 0.167. The second-order valence-corrected chi connectivity index (χ2v) is 6.22. The van der Waals surface area contributed by atoms with Crippen LogP contribution in [-0.4, -0.2) is 16.0 Å². The van der Waals surface area contributed by atoms with Crippen LogP contribution in [0.5, 0.6) is 0 Å². The predicted octanol–water partition coefficient (Wildman–Crippen LogP) is 1.62. The van der Waals surface area contributed by atoms with Gasteiger partial charge in [-0.3, -0.25) is 0 Å². The summed E-state index contributed by atoms with van der Waals surface area (Å²) in [6.07, 6.45) is 0. The van der Waals surface area contributed by atoms with Crippen molar-refractivity contribution in [2.24, 2.45) is 0 Å². The first-order valence-electron chi connectivity index (χ1n) is 4.98. The number of nitrogens with one attached hydrogen (secondary N) is 1. The van der Waals surface area contributed by atoms with Crippen LogP contribution in [0, 0.1) is 0 Å². The minimum absolute atomic E-state index is 0.940. The van der Waals surface area contributed by atoms with Gasteiger partial charge in [0.2, 0.25) is 0 Å². The Labute approximate surface area is 86.5 Å². The van der Waals surface area contributed by atoms with Gasteiger partial charge in [-0.15, -0.1) is 0 Å². The van der Waals surface area contributed by atoms with Crippen molar-refractivity contribution in [2.75, 3.05) is 7.05 Å². The first-order chi connectivity index (χ1) is 6.83. The second kappa shape index (κ2) is 3.94. The van der Waals surface area contributed by atoms with E-state index in [0.717, 1.165) is 0 Å². The van der Waals surface area contributed by atoms with E-state index in [0.29, 0.717) is 0 Å². The highest BCUT2D eigenvalue weighted by atomic mass is 28.3. The molecule has 0 aromatic heterocycles. The highest BCUT2D eigenvalue weighted by Crippen LogP contribution is 2.10. The van der Waals surface area contributed by atoms with Crippen LogP contribution in [0.2, 0.25) is 6.55 Å². The van der Waals surface area contributed by atoms with Crippen molar-refractivity contribution in [3.05, 3.63) is 42.5 Å². The lowest BCUT2D eigenvalue weighted by Gasteiger charge is -2.11. The molecule has 0 spiro atoms. The summed E-state index contributed by atoms with van der Waals surface area (Å²) < 4.78 is 0. The zero-order valence-electron chi connectivity index (χ0n) is 8.62. The highest BCUT2D eigenvalue weighted by Gasteiger charge is 2.07. The van der Waals surface area contributed by atoms with E-state index in [4.69, 9.17) is 0 Å². The summed E-state index contributed by atoms with van der Waals surface area (Å²) in [7, 11) is 1.11. The Hall–Kier alpha value is -1.12. The maximum absolute atomic E-state index is 3.41. The Kier molecular flexibility index (Phi) is 2.66. The zero-order chi connectivity index (χ0) is 9.97. The number of rotatable bonds is 2. The molecule has 14 heavy (non-hydrogen) atoms. The molecule has 0 fully saturated rings. The van der Waals surface area contributed by atoms with Crippen molar-refractivity contribution >= 4 is 24.9 Å². The molecule has 0 saturated heterocycles. The average Bonchev–Trinajstić information content (AvgIpc) is 2.27. The van der Waals surface area contributed by atoms with Crippen molar-refractivity contribution in [1.82, 2.24) is 4.98 Å². The maximum Gasteiger partial charge on any atom is 0.138 e. The lowest BCUT2D eigenvalue weighted by atomic mass is 10.1. The van der Waals surface area contributed by atoms with Crippen LogP contribution < -0.4 is 10.2 Å². The van der Waals surface area contributed by atoms with Gasteiger partial charge in [-0.25, -0.2) is 0 Å². The fourth-order valence-electron chi connectivity index (χ4n) is 1.78. The van der Waals surface area contributed by atoms with Gasteiger partial charge in [0.05, 0.1) is 0 Å². The minimum Gasteiger partial charge on any atom is -0.339 e. The van der Waals surface area contributed by atoms with Gasteiger partial charge in [0.15, 0.2) is 0 Å². The molecule has 0 saturated carbocycles. The SMILES string of the molecule is CN[SiH](C)c1cccc2ccccc12. The Morgan fingerprint density at radius 3 is 2.50 bits per heavy atom. The van der Waals surface area contributed by atoms with E-state index in [1.54, 1.807) is 0 Å². The van der Waals surface area contributed by atoms with Gasteiger partial charge in [-0.05, 0) is 23.0 Å². The highest BCUT2D eigenvalue weighted by molar-refractivity contribution is 6.72. The molecule has 2 aromatic rings. The molecule has 2 rings (SSSR count). The molecule has 0 amide bonds. The van der Waals surface area contributed by atoms with Crippen LogP contribution in [0.15, 0.2) is 42.5 Å². The van der Waals surface area contributed by atoms with E-state index in [-0.39, 0.29) is 0 Å². The molecule has 0 bridgehead atoms. The number of hydrogen-bond acceptors (Lipinski definition) is 1. The van der Waals surface area contributed by atoms with E-state index in [9.17, 15) is 0 Å². The normalized spacial score (nSPS) is 13.0. The first kappa shape index (κ1) is 9.43. The van der Waals surface area contributed by atoms with Gasteiger partial charge in [-0.1, -0.05) is 49.0 Å². The molecule has 2 aromatic carbocycles. The number of hydrogen-bond donors (Lipinski definition) is 1. The summed E-state index contributed by atoms with van der Waals surface area (Å²) in [6, 6.07) is 15.2. The van der Waals surface area contributed by atoms with Crippen molar-refractivity contribution < 1.29 is 0 Å². The molecule has 1 unspecified atom stereocenters. The standard InChI is InChI=1S/C12H15NSi/c1-13-14(2)12-9-5-7-10-6-3-4-8-11(10)12/h3-9,13-14H,1-2H3. The van der Waals surface area contributed by atoms with Crippen LogP contribution in [0.3, 0.4) is 0 Å². The number of benzene rings is 2. The summed E-state index contributed by atoms with van der Waals surface area (Å²) in [4.78, 5) is 3.41. The summed E-state index contributed by atoms with van der Waals surface area (Å²) in [5.41, 5.74) is 0. The summed E-state index contributed by atoms with van der Waals surface area (Å²) in [6.45, 7) is 2.32. The Morgan fingerprint density at radius 2 is 1.71 bits per heavy atom. The van der Waals surface area contributed by atoms with Crippen molar-refractivity contribution in [1.29, 1.82) is 0 Å². The van der Waals surface area contributed by atoms with Crippen LogP contribution in [0.25, 0.3) is 10.8 Å². The topological polar surface area (TPSA) is 12.0 Å².